The maximum atomic E-state index is 13.6. The van der Waals surface area contributed by atoms with E-state index in [1.54, 1.807) is 12.0 Å². The highest BCUT2D eigenvalue weighted by Gasteiger charge is 2.35. The van der Waals surface area contributed by atoms with Crippen LogP contribution < -0.4 is 5.32 Å². The Bertz CT molecular complexity index is 513. The van der Waals surface area contributed by atoms with E-state index in [-0.39, 0.29) is 23.3 Å². The van der Waals surface area contributed by atoms with E-state index in [1.165, 1.54) is 12.1 Å². The highest BCUT2D eigenvalue weighted by Crippen LogP contribution is 2.26. The van der Waals surface area contributed by atoms with Gasteiger partial charge in [-0.3, -0.25) is 0 Å². The molecule has 0 spiro atoms. The maximum Gasteiger partial charge on any atom is 0.321 e. The summed E-state index contributed by atoms with van der Waals surface area (Å²) in [6, 6.07) is 3.71. The first kappa shape index (κ1) is 16.0. The van der Waals surface area contributed by atoms with E-state index >= 15 is 0 Å². The number of ether oxygens (including phenoxy) is 1. The molecule has 0 unspecified atom stereocenters. The summed E-state index contributed by atoms with van der Waals surface area (Å²) in [5.41, 5.74) is -0.488. The smallest absolute Gasteiger partial charge is 0.321 e. The van der Waals surface area contributed by atoms with Crippen molar-refractivity contribution in [2.75, 3.05) is 32.1 Å². The Labute approximate surface area is 127 Å². The number of halogens is 2. The van der Waals surface area contributed by atoms with Gasteiger partial charge in [0.05, 0.1) is 17.9 Å². The van der Waals surface area contributed by atoms with Gasteiger partial charge in [0.1, 0.15) is 5.82 Å². The van der Waals surface area contributed by atoms with Crippen molar-refractivity contribution in [3.63, 3.8) is 0 Å². The standard InChI is InChI=1S/C14H18ClFN2O3/c1-21-14(9-19)4-6-18(7-5-14)13(20)17-12-3-2-10(15)8-11(12)16/h2-3,8,19H,4-7,9H2,1H3,(H,17,20). The number of nitrogens with zero attached hydrogens (tertiary/aromatic N) is 1. The molecule has 1 aromatic carbocycles. The van der Waals surface area contributed by atoms with Crippen LogP contribution in [0.5, 0.6) is 0 Å². The minimum atomic E-state index is -0.581. The first-order valence-electron chi connectivity index (χ1n) is 6.67. The van der Waals surface area contributed by atoms with Gasteiger partial charge in [-0.2, -0.15) is 0 Å². The van der Waals surface area contributed by atoms with Crippen molar-refractivity contribution in [3.8, 4) is 0 Å². The van der Waals surface area contributed by atoms with Crippen LogP contribution >= 0.6 is 11.6 Å². The SMILES string of the molecule is COC1(CO)CCN(C(=O)Nc2ccc(Cl)cc2F)CC1. The number of carbonyl (C=O) groups is 1. The van der Waals surface area contributed by atoms with Crippen LogP contribution in [-0.2, 0) is 4.74 Å². The van der Waals surface area contributed by atoms with E-state index in [1.807, 2.05) is 0 Å². The second-order valence-corrected chi connectivity index (χ2v) is 5.52. The quantitative estimate of drug-likeness (QED) is 0.900. The Hall–Kier alpha value is -1.37. The molecule has 0 aliphatic carbocycles. The number of amides is 2. The lowest BCUT2D eigenvalue weighted by Gasteiger charge is -2.39. The minimum Gasteiger partial charge on any atom is -0.393 e. The zero-order chi connectivity index (χ0) is 15.5. The van der Waals surface area contributed by atoms with E-state index in [0.29, 0.717) is 25.9 Å². The molecule has 2 rings (SSSR count). The highest BCUT2D eigenvalue weighted by atomic mass is 35.5. The number of hydrogen-bond donors (Lipinski definition) is 2. The average molecular weight is 317 g/mol. The Kier molecular flexibility index (Phi) is 5.03. The number of hydrogen-bond acceptors (Lipinski definition) is 3. The van der Waals surface area contributed by atoms with Gasteiger partial charge < -0.3 is 20.1 Å². The summed E-state index contributed by atoms with van der Waals surface area (Å²) in [4.78, 5) is 13.7. The maximum absolute atomic E-state index is 13.6. The van der Waals surface area contributed by atoms with Crippen LogP contribution in [0.15, 0.2) is 18.2 Å². The average Bonchev–Trinajstić information content (AvgIpc) is 2.50. The minimum absolute atomic E-state index is 0.0786. The van der Waals surface area contributed by atoms with Crippen molar-refractivity contribution < 1.29 is 19.0 Å². The molecule has 1 saturated heterocycles. The summed E-state index contributed by atoms with van der Waals surface area (Å²) in [6.45, 7) is 0.801. The van der Waals surface area contributed by atoms with Crippen LogP contribution in [0.1, 0.15) is 12.8 Å². The third-order valence-corrected chi connectivity index (χ3v) is 4.09. The molecule has 2 amide bonds. The molecule has 0 bridgehead atoms. The summed E-state index contributed by atoms with van der Waals surface area (Å²) >= 11 is 5.66. The molecule has 0 radical (unpaired) electrons. The lowest BCUT2D eigenvalue weighted by Crippen LogP contribution is -2.50. The number of likely N-dealkylation sites (tertiary alicyclic amines) is 1. The van der Waals surface area contributed by atoms with E-state index in [4.69, 9.17) is 16.3 Å². The van der Waals surface area contributed by atoms with Crippen LogP contribution in [0, 0.1) is 5.82 Å². The largest absolute Gasteiger partial charge is 0.393 e. The van der Waals surface area contributed by atoms with Crippen LogP contribution in [0.25, 0.3) is 0 Å². The Morgan fingerprint density at radius 1 is 1.52 bits per heavy atom. The van der Waals surface area contributed by atoms with E-state index < -0.39 is 11.4 Å². The lowest BCUT2D eigenvalue weighted by atomic mass is 9.92. The molecule has 0 aromatic heterocycles. The summed E-state index contributed by atoms with van der Waals surface area (Å²) in [5.74, 6) is -0.575. The van der Waals surface area contributed by atoms with Crippen LogP contribution in [-0.4, -0.2) is 48.4 Å². The van der Waals surface area contributed by atoms with Crippen molar-refractivity contribution in [2.24, 2.45) is 0 Å². The molecule has 1 fully saturated rings. The number of piperidine rings is 1. The Morgan fingerprint density at radius 3 is 2.71 bits per heavy atom. The first-order chi connectivity index (χ1) is 9.99. The van der Waals surface area contributed by atoms with Crippen LogP contribution in [0.3, 0.4) is 0 Å². The molecular formula is C14H18ClFN2O3. The molecule has 1 heterocycles. The summed E-state index contributed by atoms with van der Waals surface area (Å²) in [6.07, 6.45) is 1.08. The summed E-state index contributed by atoms with van der Waals surface area (Å²) in [7, 11) is 1.55. The van der Waals surface area contributed by atoms with E-state index in [9.17, 15) is 14.3 Å². The summed E-state index contributed by atoms with van der Waals surface area (Å²) in [5, 5.41) is 12.2. The van der Waals surface area contributed by atoms with Crippen molar-refractivity contribution in [1.82, 2.24) is 4.90 Å². The molecule has 21 heavy (non-hydrogen) atoms. The number of carbonyl (C=O) groups excluding carboxylic acids is 1. The first-order valence-corrected chi connectivity index (χ1v) is 7.04. The number of aliphatic hydroxyl groups is 1. The predicted octanol–water partition coefficient (Wildman–Crippen LogP) is 2.48. The van der Waals surface area contributed by atoms with Gasteiger partial charge in [-0.1, -0.05) is 11.6 Å². The molecule has 7 heteroatoms. The van der Waals surface area contributed by atoms with Crippen molar-refractivity contribution >= 4 is 23.3 Å². The molecule has 1 aliphatic heterocycles. The number of anilines is 1. The van der Waals surface area contributed by atoms with Gasteiger partial charge in [0.25, 0.3) is 0 Å². The fourth-order valence-electron chi connectivity index (χ4n) is 2.33. The number of rotatable bonds is 3. The highest BCUT2D eigenvalue weighted by molar-refractivity contribution is 6.30. The molecule has 0 atom stereocenters. The third kappa shape index (κ3) is 3.64. The fraction of sp³-hybridized carbons (Fsp3) is 0.500. The van der Waals surface area contributed by atoms with Crippen LogP contribution in [0.4, 0.5) is 14.9 Å². The monoisotopic (exact) mass is 316 g/mol. The zero-order valence-electron chi connectivity index (χ0n) is 11.7. The fourth-order valence-corrected chi connectivity index (χ4v) is 2.49. The summed E-state index contributed by atoms with van der Waals surface area (Å²) < 4.78 is 19.0. The predicted molar refractivity (Wildman–Crippen MR) is 78.1 cm³/mol. The molecule has 1 aliphatic rings. The van der Waals surface area contributed by atoms with Crippen molar-refractivity contribution in [1.29, 1.82) is 0 Å². The van der Waals surface area contributed by atoms with Crippen molar-refractivity contribution in [3.05, 3.63) is 29.0 Å². The second kappa shape index (κ2) is 6.60. The van der Waals surface area contributed by atoms with Gasteiger partial charge >= 0.3 is 6.03 Å². The zero-order valence-corrected chi connectivity index (χ0v) is 12.5. The molecular weight excluding hydrogens is 299 g/mol. The topological polar surface area (TPSA) is 61.8 Å². The third-order valence-electron chi connectivity index (χ3n) is 3.86. The molecule has 0 saturated carbocycles. The molecule has 116 valence electrons. The number of nitrogens with one attached hydrogen (secondary N) is 1. The van der Waals surface area contributed by atoms with Gasteiger partial charge in [0, 0.05) is 25.2 Å². The van der Waals surface area contributed by atoms with Crippen molar-refractivity contribution in [2.45, 2.75) is 18.4 Å². The Balaban J connectivity index is 1.96. The van der Waals surface area contributed by atoms with Gasteiger partial charge in [-0.25, -0.2) is 9.18 Å². The Morgan fingerprint density at radius 2 is 2.19 bits per heavy atom. The number of urea groups is 1. The normalized spacial score (nSPS) is 17.6. The molecule has 1 aromatic rings. The van der Waals surface area contributed by atoms with E-state index in [2.05, 4.69) is 5.32 Å². The van der Waals surface area contributed by atoms with Gasteiger partial charge in [0.15, 0.2) is 0 Å². The number of benzene rings is 1. The second-order valence-electron chi connectivity index (χ2n) is 5.09. The molecule has 5 nitrogen and oxygen atoms in total. The van der Waals surface area contributed by atoms with Gasteiger partial charge in [0.2, 0.25) is 0 Å². The number of aliphatic hydroxyl groups excluding tert-OH is 1. The number of methoxy groups -OCH3 is 1. The van der Waals surface area contributed by atoms with Gasteiger partial charge in [-0.15, -0.1) is 0 Å². The molecule has 2 N–H and O–H groups in total. The van der Waals surface area contributed by atoms with E-state index in [0.717, 1.165) is 6.07 Å². The van der Waals surface area contributed by atoms with Gasteiger partial charge in [-0.05, 0) is 31.0 Å². The van der Waals surface area contributed by atoms with Crippen LogP contribution in [0.2, 0.25) is 5.02 Å². The lowest BCUT2D eigenvalue weighted by molar-refractivity contribution is -0.0830.